The number of rotatable bonds is 3. The Balaban J connectivity index is 1.80. The summed E-state index contributed by atoms with van der Waals surface area (Å²) in [5, 5.41) is 21.4. The maximum Gasteiger partial charge on any atom is 0.171 e. The van der Waals surface area contributed by atoms with Crippen molar-refractivity contribution in [3.63, 3.8) is 0 Å². The highest BCUT2D eigenvalue weighted by atomic mass is 16.6. The van der Waals surface area contributed by atoms with Crippen LogP contribution < -0.4 is 0 Å². The first-order valence-corrected chi connectivity index (χ1v) is 8.62. The van der Waals surface area contributed by atoms with Crippen molar-refractivity contribution >= 4 is 0 Å². The number of benzene rings is 1. The van der Waals surface area contributed by atoms with Gasteiger partial charge < -0.3 is 19.7 Å². The molecule has 2 fully saturated rings. The number of hydrogen-bond acceptors (Lipinski definition) is 4. The van der Waals surface area contributed by atoms with E-state index in [0.717, 1.165) is 5.56 Å². The van der Waals surface area contributed by atoms with Gasteiger partial charge in [0.25, 0.3) is 0 Å². The molecule has 2 aliphatic rings. The van der Waals surface area contributed by atoms with E-state index in [1.807, 2.05) is 37.3 Å². The lowest BCUT2D eigenvalue weighted by Crippen LogP contribution is -2.42. The number of fused-ring (bicyclic) bond motifs is 1. The van der Waals surface area contributed by atoms with E-state index < -0.39 is 11.9 Å². The van der Waals surface area contributed by atoms with E-state index in [0.29, 0.717) is 13.2 Å². The molecule has 128 valence electrons. The summed E-state index contributed by atoms with van der Waals surface area (Å²) >= 11 is 0. The highest BCUT2D eigenvalue weighted by Crippen LogP contribution is 2.48. The first-order chi connectivity index (χ1) is 10.9. The van der Waals surface area contributed by atoms with Gasteiger partial charge in [-0.1, -0.05) is 51.1 Å². The highest BCUT2D eigenvalue weighted by Gasteiger charge is 2.56. The van der Waals surface area contributed by atoms with E-state index in [1.54, 1.807) is 0 Å². The zero-order chi connectivity index (χ0) is 16.6. The van der Waals surface area contributed by atoms with Crippen LogP contribution in [0.15, 0.2) is 30.3 Å². The van der Waals surface area contributed by atoms with Crippen LogP contribution in [-0.4, -0.2) is 34.8 Å². The quantitative estimate of drug-likeness (QED) is 0.899. The zero-order valence-electron chi connectivity index (χ0n) is 14.2. The van der Waals surface area contributed by atoms with Crippen molar-refractivity contribution in [2.75, 3.05) is 6.61 Å². The van der Waals surface area contributed by atoms with Gasteiger partial charge in [0.1, 0.15) is 0 Å². The van der Waals surface area contributed by atoms with E-state index in [-0.39, 0.29) is 36.2 Å². The second-order valence-electron chi connectivity index (χ2n) is 7.41. The van der Waals surface area contributed by atoms with Gasteiger partial charge in [0.05, 0.1) is 25.4 Å². The Morgan fingerprint density at radius 3 is 2.57 bits per heavy atom. The number of aliphatic hydroxyl groups excluding tert-OH is 1. The molecule has 1 unspecified atom stereocenters. The van der Waals surface area contributed by atoms with Gasteiger partial charge in [-0.25, -0.2) is 0 Å². The van der Waals surface area contributed by atoms with E-state index in [2.05, 4.69) is 13.8 Å². The minimum atomic E-state index is -1.22. The minimum Gasteiger partial charge on any atom is -0.393 e. The standard InChI is InChI=1S/C19H28O4/c1-12-10-23-19(21)9-16(20)13(2)18(14(3)17(12)19)22-11-15-7-5-4-6-8-15/h4-8,12-14,16-18,20-21H,9-11H2,1-3H3/t12-,13-,14+,16+,17-,18-,19?/m0/s1. The van der Waals surface area contributed by atoms with Crippen LogP contribution in [0, 0.1) is 23.7 Å². The lowest BCUT2D eigenvalue weighted by atomic mass is 9.77. The van der Waals surface area contributed by atoms with Crippen LogP contribution in [0.2, 0.25) is 0 Å². The number of aliphatic hydroxyl groups is 2. The molecule has 23 heavy (non-hydrogen) atoms. The molecule has 1 aromatic rings. The Morgan fingerprint density at radius 1 is 1.17 bits per heavy atom. The third-order valence-corrected chi connectivity index (χ3v) is 5.73. The molecule has 4 heteroatoms. The van der Waals surface area contributed by atoms with Gasteiger partial charge in [0, 0.05) is 18.3 Å². The molecule has 2 N–H and O–H groups in total. The number of hydrogen-bond donors (Lipinski definition) is 2. The average Bonchev–Trinajstić information content (AvgIpc) is 2.79. The molecule has 0 amide bonds. The Kier molecular flexibility index (Phi) is 4.79. The fraction of sp³-hybridized carbons (Fsp3) is 0.684. The van der Waals surface area contributed by atoms with Crippen molar-refractivity contribution in [3.8, 4) is 0 Å². The predicted octanol–water partition coefficient (Wildman–Crippen LogP) is 2.58. The summed E-state index contributed by atoms with van der Waals surface area (Å²) in [5.41, 5.74) is 1.12. The predicted molar refractivity (Wildman–Crippen MR) is 87.5 cm³/mol. The van der Waals surface area contributed by atoms with Crippen molar-refractivity contribution in [1.29, 1.82) is 0 Å². The summed E-state index contributed by atoms with van der Waals surface area (Å²) in [4.78, 5) is 0. The van der Waals surface area contributed by atoms with Crippen LogP contribution in [0.5, 0.6) is 0 Å². The molecule has 3 rings (SSSR count). The Morgan fingerprint density at radius 2 is 1.87 bits per heavy atom. The fourth-order valence-electron chi connectivity index (χ4n) is 4.50. The van der Waals surface area contributed by atoms with Crippen LogP contribution in [0.25, 0.3) is 0 Å². The number of ether oxygens (including phenoxy) is 2. The van der Waals surface area contributed by atoms with E-state index in [4.69, 9.17) is 9.47 Å². The van der Waals surface area contributed by atoms with Crippen molar-refractivity contribution < 1.29 is 19.7 Å². The lowest BCUT2D eigenvalue weighted by Gasteiger charge is -2.35. The van der Waals surface area contributed by atoms with Crippen LogP contribution >= 0.6 is 0 Å². The first kappa shape index (κ1) is 16.9. The fourth-order valence-corrected chi connectivity index (χ4v) is 4.50. The minimum absolute atomic E-state index is 0.0112. The lowest BCUT2D eigenvalue weighted by molar-refractivity contribution is -0.215. The summed E-state index contributed by atoms with van der Waals surface area (Å²) in [6.45, 7) is 7.29. The van der Waals surface area contributed by atoms with Crippen molar-refractivity contribution in [3.05, 3.63) is 35.9 Å². The summed E-state index contributed by atoms with van der Waals surface area (Å²) in [6, 6.07) is 10.1. The first-order valence-electron chi connectivity index (χ1n) is 8.62. The second kappa shape index (κ2) is 6.52. The summed E-state index contributed by atoms with van der Waals surface area (Å²) in [5.74, 6) is -0.900. The highest BCUT2D eigenvalue weighted by molar-refractivity contribution is 5.13. The van der Waals surface area contributed by atoms with Crippen LogP contribution in [0.1, 0.15) is 32.8 Å². The molecule has 1 aliphatic heterocycles. The topological polar surface area (TPSA) is 58.9 Å². The molecule has 1 aliphatic carbocycles. The Labute approximate surface area is 138 Å². The van der Waals surface area contributed by atoms with Gasteiger partial charge in [-0.15, -0.1) is 0 Å². The summed E-state index contributed by atoms with van der Waals surface area (Å²) in [6.07, 6.45) is -0.467. The molecule has 7 atom stereocenters. The molecule has 0 radical (unpaired) electrons. The van der Waals surface area contributed by atoms with Crippen molar-refractivity contribution in [1.82, 2.24) is 0 Å². The normalized spacial score (nSPS) is 43.9. The molecular weight excluding hydrogens is 292 g/mol. The van der Waals surface area contributed by atoms with Crippen LogP contribution in [0.3, 0.4) is 0 Å². The molecule has 1 aromatic carbocycles. The van der Waals surface area contributed by atoms with E-state index >= 15 is 0 Å². The smallest absolute Gasteiger partial charge is 0.171 e. The molecule has 1 heterocycles. The van der Waals surface area contributed by atoms with E-state index in [1.165, 1.54) is 0 Å². The average molecular weight is 320 g/mol. The maximum atomic E-state index is 10.9. The Hall–Kier alpha value is -0.940. The van der Waals surface area contributed by atoms with Crippen LogP contribution in [0.4, 0.5) is 0 Å². The SMILES string of the molecule is C[C@@H]1[C@H](OCc2ccccc2)[C@H](C)[C@@H]2[C@@H](C)COC2(O)C[C@H]1O. The Bertz CT molecular complexity index is 519. The second-order valence-corrected chi connectivity index (χ2v) is 7.41. The van der Waals surface area contributed by atoms with Gasteiger partial charge in [0.2, 0.25) is 0 Å². The van der Waals surface area contributed by atoms with Gasteiger partial charge >= 0.3 is 0 Å². The van der Waals surface area contributed by atoms with E-state index in [9.17, 15) is 10.2 Å². The van der Waals surface area contributed by atoms with Gasteiger partial charge in [-0.05, 0) is 17.4 Å². The summed E-state index contributed by atoms with van der Waals surface area (Å²) in [7, 11) is 0. The third kappa shape index (κ3) is 3.18. The van der Waals surface area contributed by atoms with Gasteiger partial charge in [-0.2, -0.15) is 0 Å². The molecular formula is C19H28O4. The maximum absolute atomic E-state index is 10.9. The van der Waals surface area contributed by atoms with Gasteiger partial charge in [-0.3, -0.25) is 0 Å². The molecule has 0 spiro atoms. The third-order valence-electron chi connectivity index (χ3n) is 5.73. The van der Waals surface area contributed by atoms with Gasteiger partial charge in [0.15, 0.2) is 5.79 Å². The zero-order valence-corrected chi connectivity index (χ0v) is 14.2. The van der Waals surface area contributed by atoms with Crippen molar-refractivity contribution in [2.45, 2.75) is 51.8 Å². The largest absolute Gasteiger partial charge is 0.393 e. The molecule has 4 nitrogen and oxygen atoms in total. The summed E-state index contributed by atoms with van der Waals surface area (Å²) < 4.78 is 11.9. The van der Waals surface area contributed by atoms with Crippen molar-refractivity contribution in [2.24, 2.45) is 23.7 Å². The molecule has 0 aromatic heterocycles. The molecule has 1 saturated heterocycles. The monoisotopic (exact) mass is 320 g/mol. The molecule has 1 saturated carbocycles. The molecule has 0 bridgehead atoms. The van der Waals surface area contributed by atoms with Crippen LogP contribution in [-0.2, 0) is 16.1 Å².